The van der Waals surface area contributed by atoms with Crippen LogP contribution in [0.25, 0.3) is 33.3 Å². The van der Waals surface area contributed by atoms with Gasteiger partial charge in [-0.15, -0.1) is 0 Å². The van der Waals surface area contributed by atoms with E-state index in [1.807, 2.05) is 30.3 Å². The molecule has 32 heavy (non-hydrogen) atoms. The number of rotatable bonds is 8. The third-order valence-electron chi connectivity index (χ3n) is 5.37. The van der Waals surface area contributed by atoms with Crippen LogP contribution in [0.4, 0.5) is 0 Å². The molecule has 0 N–H and O–H groups in total. The fourth-order valence-corrected chi connectivity index (χ4v) is 3.66. The summed E-state index contributed by atoms with van der Waals surface area (Å²) >= 11 is 0. The lowest BCUT2D eigenvalue weighted by molar-refractivity contribution is -0.150. The molecule has 2 heterocycles. The standard InChI is InChI=1S/C26H26O6/c1-4-6-9-17-12-19-23(14-22(17)31-16(3)26(28)29-5-2)30-15-20(25(19)27)24-13-18-10-7-8-11-21(18)32-24/h7-8,10-16H,4-6,9H2,1-3H3/t16-/m0/s1. The van der Waals surface area contributed by atoms with Crippen molar-refractivity contribution in [3.05, 3.63) is 64.5 Å². The molecule has 4 rings (SSSR count). The Kier molecular flexibility index (Phi) is 6.30. The summed E-state index contributed by atoms with van der Waals surface area (Å²) in [7, 11) is 0. The van der Waals surface area contributed by atoms with Crippen LogP contribution in [0.5, 0.6) is 5.75 Å². The highest BCUT2D eigenvalue weighted by Crippen LogP contribution is 2.31. The van der Waals surface area contributed by atoms with Crippen LogP contribution < -0.4 is 10.2 Å². The van der Waals surface area contributed by atoms with E-state index >= 15 is 0 Å². The Morgan fingerprint density at radius 1 is 1.09 bits per heavy atom. The Morgan fingerprint density at radius 2 is 1.91 bits per heavy atom. The van der Waals surface area contributed by atoms with Crippen molar-refractivity contribution in [2.45, 2.75) is 46.1 Å². The molecule has 0 aliphatic rings. The molecule has 2 aromatic carbocycles. The first-order valence-corrected chi connectivity index (χ1v) is 10.9. The van der Waals surface area contributed by atoms with Crippen LogP contribution in [0.15, 0.2) is 62.4 Å². The zero-order chi connectivity index (χ0) is 22.7. The van der Waals surface area contributed by atoms with Gasteiger partial charge in [0, 0.05) is 11.5 Å². The van der Waals surface area contributed by atoms with Gasteiger partial charge in [-0.1, -0.05) is 31.5 Å². The van der Waals surface area contributed by atoms with E-state index in [9.17, 15) is 9.59 Å². The van der Waals surface area contributed by atoms with Crippen molar-refractivity contribution in [3.63, 3.8) is 0 Å². The van der Waals surface area contributed by atoms with Gasteiger partial charge in [-0.05, 0) is 50.5 Å². The Hall–Kier alpha value is -3.54. The lowest BCUT2D eigenvalue weighted by Gasteiger charge is -2.17. The van der Waals surface area contributed by atoms with Gasteiger partial charge in [-0.2, -0.15) is 0 Å². The third-order valence-corrected chi connectivity index (χ3v) is 5.37. The normalized spacial score (nSPS) is 12.2. The topological polar surface area (TPSA) is 78.9 Å². The second-order valence-corrected chi connectivity index (χ2v) is 7.70. The Balaban J connectivity index is 1.78. The SMILES string of the molecule is CCCCc1cc2c(=O)c(-c3cc4ccccc4o3)coc2cc1O[C@@H](C)C(=O)OCC. The number of para-hydroxylation sites is 1. The molecular formula is C26H26O6. The maximum Gasteiger partial charge on any atom is 0.347 e. The maximum atomic E-state index is 13.3. The number of benzene rings is 2. The van der Waals surface area contributed by atoms with Gasteiger partial charge < -0.3 is 18.3 Å². The Bertz CT molecular complexity index is 1280. The predicted octanol–water partition coefficient (Wildman–Crippen LogP) is 5.88. The van der Waals surface area contributed by atoms with E-state index in [2.05, 4.69) is 6.92 Å². The van der Waals surface area contributed by atoms with E-state index in [0.29, 0.717) is 40.0 Å². The zero-order valence-electron chi connectivity index (χ0n) is 18.5. The summed E-state index contributed by atoms with van der Waals surface area (Å²) in [6, 6.07) is 12.9. The van der Waals surface area contributed by atoms with E-state index < -0.39 is 12.1 Å². The van der Waals surface area contributed by atoms with Crippen LogP contribution in [-0.2, 0) is 16.0 Å². The molecule has 0 saturated heterocycles. The van der Waals surface area contributed by atoms with Crippen molar-refractivity contribution >= 4 is 27.9 Å². The summed E-state index contributed by atoms with van der Waals surface area (Å²) in [5.74, 6) is 0.551. The number of esters is 1. The summed E-state index contributed by atoms with van der Waals surface area (Å²) in [5, 5.41) is 1.37. The van der Waals surface area contributed by atoms with Gasteiger partial charge in [0.15, 0.2) is 6.10 Å². The predicted molar refractivity (Wildman–Crippen MR) is 123 cm³/mol. The molecule has 0 aliphatic carbocycles. The van der Waals surface area contributed by atoms with E-state index in [1.54, 1.807) is 26.0 Å². The summed E-state index contributed by atoms with van der Waals surface area (Å²) in [6.07, 6.45) is 3.26. The summed E-state index contributed by atoms with van der Waals surface area (Å²) in [6.45, 7) is 5.78. The molecule has 0 radical (unpaired) electrons. The van der Waals surface area contributed by atoms with Crippen LogP contribution >= 0.6 is 0 Å². The monoisotopic (exact) mass is 434 g/mol. The van der Waals surface area contributed by atoms with Crippen molar-refractivity contribution < 1.29 is 23.1 Å². The molecule has 6 heteroatoms. The van der Waals surface area contributed by atoms with E-state index in [4.69, 9.17) is 18.3 Å². The van der Waals surface area contributed by atoms with Crippen molar-refractivity contribution in [2.75, 3.05) is 6.61 Å². The molecule has 0 spiro atoms. The molecule has 166 valence electrons. The fraction of sp³-hybridized carbons (Fsp3) is 0.308. The molecule has 0 amide bonds. The van der Waals surface area contributed by atoms with Gasteiger partial charge in [-0.3, -0.25) is 4.79 Å². The number of unbranched alkanes of at least 4 members (excludes halogenated alkanes) is 1. The van der Waals surface area contributed by atoms with E-state index in [-0.39, 0.29) is 12.0 Å². The van der Waals surface area contributed by atoms with Crippen LogP contribution in [-0.4, -0.2) is 18.7 Å². The summed E-state index contributed by atoms with van der Waals surface area (Å²) in [4.78, 5) is 25.4. The quantitative estimate of drug-likeness (QED) is 0.322. The van der Waals surface area contributed by atoms with E-state index in [0.717, 1.165) is 23.8 Å². The van der Waals surface area contributed by atoms with Crippen LogP contribution in [0, 0.1) is 0 Å². The molecule has 0 fully saturated rings. The van der Waals surface area contributed by atoms with E-state index in [1.165, 1.54) is 6.26 Å². The Labute approximate surface area is 185 Å². The number of hydrogen-bond acceptors (Lipinski definition) is 6. The van der Waals surface area contributed by atoms with Crippen molar-refractivity contribution in [3.8, 4) is 17.1 Å². The minimum atomic E-state index is -0.769. The van der Waals surface area contributed by atoms with Crippen molar-refractivity contribution in [2.24, 2.45) is 0 Å². The summed E-state index contributed by atoms with van der Waals surface area (Å²) in [5.41, 5.74) is 2.14. The number of hydrogen-bond donors (Lipinski definition) is 0. The molecule has 1 atom stereocenters. The molecule has 0 saturated carbocycles. The number of aryl methyl sites for hydroxylation is 1. The minimum absolute atomic E-state index is 0.173. The van der Waals surface area contributed by atoms with Gasteiger partial charge in [0.05, 0.1) is 12.0 Å². The number of carbonyl (C=O) groups is 1. The van der Waals surface area contributed by atoms with Crippen LogP contribution in [0.3, 0.4) is 0 Å². The highest BCUT2D eigenvalue weighted by molar-refractivity contribution is 5.86. The summed E-state index contributed by atoms with van der Waals surface area (Å²) < 4.78 is 22.6. The lowest BCUT2D eigenvalue weighted by Crippen LogP contribution is -2.26. The van der Waals surface area contributed by atoms with Crippen LogP contribution in [0.2, 0.25) is 0 Å². The average molecular weight is 434 g/mol. The van der Waals surface area contributed by atoms with Crippen molar-refractivity contribution in [1.82, 2.24) is 0 Å². The van der Waals surface area contributed by atoms with Gasteiger partial charge >= 0.3 is 5.97 Å². The highest BCUT2D eigenvalue weighted by atomic mass is 16.6. The molecule has 4 aromatic rings. The zero-order valence-corrected chi connectivity index (χ0v) is 18.5. The second kappa shape index (κ2) is 9.30. The number of ether oxygens (including phenoxy) is 2. The minimum Gasteiger partial charge on any atom is -0.479 e. The average Bonchev–Trinajstić information content (AvgIpc) is 3.22. The van der Waals surface area contributed by atoms with Gasteiger partial charge in [-0.25, -0.2) is 4.79 Å². The fourth-order valence-electron chi connectivity index (χ4n) is 3.66. The molecule has 6 nitrogen and oxygen atoms in total. The van der Waals surface area contributed by atoms with Gasteiger partial charge in [0.1, 0.15) is 34.5 Å². The molecule has 0 aliphatic heterocycles. The largest absolute Gasteiger partial charge is 0.479 e. The third kappa shape index (κ3) is 4.26. The van der Waals surface area contributed by atoms with Gasteiger partial charge in [0.25, 0.3) is 0 Å². The van der Waals surface area contributed by atoms with Crippen molar-refractivity contribution in [1.29, 1.82) is 0 Å². The first-order valence-electron chi connectivity index (χ1n) is 10.9. The van der Waals surface area contributed by atoms with Gasteiger partial charge in [0.2, 0.25) is 5.43 Å². The second-order valence-electron chi connectivity index (χ2n) is 7.70. The number of carbonyl (C=O) groups excluding carboxylic acids is 1. The number of fused-ring (bicyclic) bond motifs is 2. The lowest BCUT2D eigenvalue weighted by atomic mass is 10.0. The number of furan rings is 1. The first kappa shape index (κ1) is 21.7. The molecule has 0 bridgehead atoms. The first-order chi connectivity index (χ1) is 15.5. The highest BCUT2D eigenvalue weighted by Gasteiger charge is 2.20. The smallest absolute Gasteiger partial charge is 0.347 e. The molecule has 0 unspecified atom stereocenters. The van der Waals surface area contributed by atoms with Crippen LogP contribution in [0.1, 0.15) is 39.2 Å². The molecule has 2 aromatic heterocycles. The molecular weight excluding hydrogens is 408 g/mol. The maximum absolute atomic E-state index is 13.3. The Morgan fingerprint density at radius 3 is 2.66 bits per heavy atom.